The Morgan fingerprint density at radius 2 is 2.36 bits per heavy atom. The molecule has 1 aliphatic heterocycles. The lowest BCUT2D eigenvalue weighted by Gasteiger charge is -2.09. The molecule has 5 heteroatoms. The maximum Gasteiger partial charge on any atom is 0.231 e. The zero-order chi connectivity index (χ0) is 10.1. The second kappa shape index (κ2) is 3.05. The van der Waals surface area contributed by atoms with Gasteiger partial charge in [-0.2, -0.15) is 0 Å². The van der Waals surface area contributed by atoms with Gasteiger partial charge in [0.2, 0.25) is 5.91 Å². The molecule has 1 amide bonds. The molecule has 1 aromatic rings. The van der Waals surface area contributed by atoms with Crippen molar-refractivity contribution in [3.63, 3.8) is 0 Å². The Morgan fingerprint density at radius 1 is 1.57 bits per heavy atom. The van der Waals surface area contributed by atoms with Crippen LogP contribution in [-0.2, 0) is 11.2 Å². The van der Waals surface area contributed by atoms with Gasteiger partial charge in [0.05, 0.1) is 6.42 Å². The molecule has 0 N–H and O–H groups in total. The van der Waals surface area contributed by atoms with E-state index < -0.39 is 0 Å². The number of nitrogens with zero attached hydrogens (tertiary/aromatic N) is 4. The van der Waals surface area contributed by atoms with Crippen LogP contribution in [0.15, 0.2) is 23.3 Å². The molecule has 0 atom stereocenters. The van der Waals surface area contributed by atoms with Gasteiger partial charge in [-0.25, -0.2) is 0 Å². The highest BCUT2D eigenvalue weighted by atomic mass is 16.2. The molecular weight excluding hydrogens is 180 g/mol. The molecule has 0 fully saturated rings. The highest BCUT2D eigenvalue weighted by Gasteiger charge is 2.23. The fourth-order valence-electron chi connectivity index (χ4n) is 1.54. The third kappa shape index (κ3) is 1.20. The summed E-state index contributed by atoms with van der Waals surface area (Å²) in [5.74, 6) is 0.0677. The summed E-state index contributed by atoms with van der Waals surface area (Å²) in [5, 5.41) is 3.49. The summed E-state index contributed by atoms with van der Waals surface area (Å²) in [5.41, 5.74) is 10.6. The Morgan fingerprint density at radius 3 is 3.07 bits per heavy atom. The van der Waals surface area contributed by atoms with Crippen molar-refractivity contribution in [1.82, 2.24) is 0 Å². The van der Waals surface area contributed by atoms with E-state index in [1.54, 1.807) is 24.1 Å². The first-order valence-electron chi connectivity index (χ1n) is 4.17. The minimum absolute atomic E-state index is 0.0677. The minimum Gasteiger partial charge on any atom is -0.315 e. The predicted molar refractivity (Wildman–Crippen MR) is 52.4 cm³/mol. The van der Waals surface area contributed by atoms with Gasteiger partial charge in [0, 0.05) is 23.3 Å². The van der Waals surface area contributed by atoms with E-state index in [2.05, 4.69) is 10.0 Å². The lowest BCUT2D eigenvalue weighted by molar-refractivity contribution is -0.117. The van der Waals surface area contributed by atoms with Crippen molar-refractivity contribution in [2.75, 3.05) is 11.9 Å². The smallest absolute Gasteiger partial charge is 0.231 e. The Balaban J connectivity index is 2.51. The van der Waals surface area contributed by atoms with E-state index in [1.165, 1.54) is 0 Å². The van der Waals surface area contributed by atoms with Crippen LogP contribution in [0.4, 0.5) is 11.4 Å². The van der Waals surface area contributed by atoms with E-state index in [9.17, 15) is 4.79 Å². The quantitative estimate of drug-likeness (QED) is 0.378. The Hall–Kier alpha value is -2.00. The van der Waals surface area contributed by atoms with Crippen LogP contribution in [0.1, 0.15) is 5.56 Å². The zero-order valence-corrected chi connectivity index (χ0v) is 7.64. The maximum atomic E-state index is 11.3. The van der Waals surface area contributed by atoms with E-state index in [4.69, 9.17) is 5.53 Å². The molecule has 0 spiro atoms. The number of carbonyl (C=O) groups excluding carboxylic acids is 1. The van der Waals surface area contributed by atoms with Crippen molar-refractivity contribution in [2.24, 2.45) is 5.11 Å². The lowest BCUT2D eigenvalue weighted by atomic mass is 10.1. The van der Waals surface area contributed by atoms with Crippen LogP contribution in [-0.4, -0.2) is 13.0 Å². The fraction of sp³-hybridized carbons (Fsp3) is 0.222. The Bertz CT molecular complexity index is 448. The average Bonchev–Trinajstić information content (AvgIpc) is 2.45. The average molecular weight is 188 g/mol. The number of fused-ring (bicyclic) bond motifs is 1. The molecule has 2 rings (SSSR count). The first-order chi connectivity index (χ1) is 6.72. The van der Waals surface area contributed by atoms with E-state index in [0.29, 0.717) is 12.1 Å². The van der Waals surface area contributed by atoms with Crippen molar-refractivity contribution in [2.45, 2.75) is 6.42 Å². The van der Waals surface area contributed by atoms with Gasteiger partial charge in [-0.05, 0) is 17.2 Å². The van der Waals surface area contributed by atoms with Gasteiger partial charge >= 0.3 is 0 Å². The van der Waals surface area contributed by atoms with Gasteiger partial charge in [-0.3, -0.25) is 4.79 Å². The molecule has 0 bridgehead atoms. The summed E-state index contributed by atoms with van der Waals surface area (Å²) in [6.45, 7) is 0. The van der Waals surface area contributed by atoms with E-state index in [1.807, 2.05) is 6.07 Å². The first kappa shape index (κ1) is 8.59. The molecule has 1 aliphatic rings. The SMILES string of the molecule is CN1C(=O)Cc2ccc(N=[N+]=[N-])cc21. The highest BCUT2D eigenvalue weighted by Crippen LogP contribution is 2.31. The summed E-state index contributed by atoms with van der Waals surface area (Å²) in [6, 6.07) is 5.26. The van der Waals surface area contributed by atoms with Gasteiger partial charge < -0.3 is 4.90 Å². The molecule has 0 saturated carbocycles. The highest BCUT2D eigenvalue weighted by molar-refractivity contribution is 6.01. The summed E-state index contributed by atoms with van der Waals surface area (Å²) in [6.07, 6.45) is 0.433. The number of amides is 1. The minimum atomic E-state index is 0.0677. The van der Waals surface area contributed by atoms with Crippen molar-refractivity contribution in [3.05, 3.63) is 34.2 Å². The number of hydrogen-bond donors (Lipinski definition) is 0. The van der Waals surface area contributed by atoms with E-state index >= 15 is 0 Å². The van der Waals surface area contributed by atoms with E-state index in [-0.39, 0.29) is 5.91 Å². The second-order valence-corrected chi connectivity index (χ2v) is 3.13. The molecule has 0 aromatic heterocycles. The largest absolute Gasteiger partial charge is 0.315 e. The molecule has 0 aliphatic carbocycles. The van der Waals surface area contributed by atoms with Crippen molar-refractivity contribution in [3.8, 4) is 0 Å². The molecule has 0 unspecified atom stereocenters. The van der Waals surface area contributed by atoms with Crippen LogP contribution in [0.3, 0.4) is 0 Å². The molecule has 0 radical (unpaired) electrons. The van der Waals surface area contributed by atoms with Crippen LogP contribution in [0, 0.1) is 0 Å². The molecule has 1 aromatic carbocycles. The first-order valence-corrected chi connectivity index (χ1v) is 4.17. The number of anilines is 1. The number of carbonyl (C=O) groups is 1. The van der Waals surface area contributed by atoms with Gasteiger partial charge in [-0.1, -0.05) is 17.2 Å². The van der Waals surface area contributed by atoms with Crippen molar-refractivity contribution >= 4 is 17.3 Å². The topological polar surface area (TPSA) is 69.1 Å². The van der Waals surface area contributed by atoms with Crippen molar-refractivity contribution in [1.29, 1.82) is 0 Å². The molecule has 5 nitrogen and oxygen atoms in total. The standard InChI is InChI=1S/C9H8N4O/c1-13-8-5-7(11-12-10)3-2-6(8)4-9(13)14/h2-3,5H,4H2,1H3. The summed E-state index contributed by atoms with van der Waals surface area (Å²) in [4.78, 5) is 15.6. The Kier molecular flexibility index (Phi) is 1.87. The number of hydrogen-bond acceptors (Lipinski definition) is 2. The lowest BCUT2D eigenvalue weighted by Crippen LogP contribution is -2.20. The number of benzene rings is 1. The van der Waals surface area contributed by atoms with Gasteiger partial charge in [0.25, 0.3) is 0 Å². The summed E-state index contributed by atoms with van der Waals surface area (Å²) >= 11 is 0. The van der Waals surface area contributed by atoms with Gasteiger partial charge in [0.1, 0.15) is 0 Å². The second-order valence-electron chi connectivity index (χ2n) is 3.13. The van der Waals surface area contributed by atoms with E-state index in [0.717, 1.165) is 11.3 Å². The molecule has 14 heavy (non-hydrogen) atoms. The maximum absolute atomic E-state index is 11.3. The van der Waals surface area contributed by atoms with Gasteiger partial charge in [0.15, 0.2) is 0 Å². The van der Waals surface area contributed by atoms with Crippen LogP contribution in [0.25, 0.3) is 10.4 Å². The molecule has 1 heterocycles. The third-order valence-corrected chi connectivity index (χ3v) is 2.31. The van der Waals surface area contributed by atoms with Crippen LogP contribution in [0.2, 0.25) is 0 Å². The van der Waals surface area contributed by atoms with Crippen LogP contribution in [0.5, 0.6) is 0 Å². The Labute approximate surface area is 80.6 Å². The molecule has 70 valence electrons. The number of azide groups is 1. The number of likely N-dealkylation sites (N-methyl/N-ethyl adjacent to an activating group) is 1. The summed E-state index contributed by atoms with van der Waals surface area (Å²) < 4.78 is 0. The predicted octanol–water partition coefficient (Wildman–Crippen LogP) is 2.15. The number of rotatable bonds is 1. The van der Waals surface area contributed by atoms with Crippen LogP contribution >= 0.6 is 0 Å². The molecular formula is C9H8N4O. The van der Waals surface area contributed by atoms with Gasteiger partial charge in [-0.15, -0.1) is 0 Å². The third-order valence-electron chi connectivity index (χ3n) is 2.31. The monoisotopic (exact) mass is 188 g/mol. The van der Waals surface area contributed by atoms with Crippen LogP contribution < -0.4 is 4.90 Å². The fourth-order valence-corrected chi connectivity index (χ4v) is 1.54. The van der Waals surface area contributed by atoms with Crippen molar-refractivity contribution < 1.29 is 4.79 Å². The zero-order valence-electron chi connectivity index (χ0n) is 7.64. The molecule has 0 saturated heterocycles. The normalized spacial score (nSPS) is 13.8. The summed E-state index contributed by atoms with van der Waals surface area (Å²) in [7, 11) is 1.72.